The first-order valence-corrected chi connectivity index (χ1v) is 31.1. The molecule has 1 N–H and O–H groups in total. The first kappa shape index (κ1) is 70.3. The van der Waals surface area contributed by atoms with Crippen molar-refractivity contribution in [1.29, 1.82) is 0 Å². The summed E-state index contributed by atoms with van der Waals surface area (Å²) < 4.78 is 10.7. The number of aliphatic hydroxyl groups is 1. The number of carbonyl (C=O) groups excluding carboxylic acids is 2. The van der Waals surface area contributed by atoms with Gasteiger partial charge in [0.25, 0.3) is 0 Å². The Kier molecular flexibility index (Phi) is 60.4. The molecule has 1 unspecified atom stereocenters. The minimum Gasteiger partial charge on any atom is -0.462 e. The van der Waals surface area contributed by atoms with E-state index in [-0.39, 0.29) is 25.2 Å². The number of esters is 2. The van der Waals surface area contributed by atoms with Crippen molar-refractivity contribution in [2.75, 3.05) is 13.2 Å². The highest BCUT2D eigenvalue weighted by Crippen LogP contribution is 2.16. The van der Waals surface area contributed by atoms with E-state index >= 15 is 0 Å². The standard InChI is InChI=1S/C69H116O5/c1-3-5-7-9-11-13-15-17-19-21-23-24-25-26-27-28-29-30-31-32-33-34-35-36-37-38-39-40-41-42-43-44-46-48-50-52-54-56-58-60-62-64-69(72)74-67(65-70)66-73-68(71)63-61-59-57-55-53-51-49-47-45-22-20-18-16-14-12-10-8-6-4-2/h5,7,11,13,17-20,23-24,26-27,29-30,32-33,35-36,38-39,67,70H,3-4,6,8-10,12,14-16,21-22,25,28,31,34,37,40-66H2,1-2H3/b7-5-,13-11-,19-17-,20-18-,24-23-,27-26-,30-29-,33-32-,36-35-,39-38-. The van der Waals surface area contributed by atoms with E-state index in [0.717, 1.165) is 96.3 Å². The zero-order valence-corrected chi connectivity index (χ0v) is 48.3. The molecule has 0 amide bonds. The Morgan fingerprint density at radius 2 is 0.581 bits per heavy atom. The number of unbranched alkanes of at least 4 members (excludes halogenated alkanes) is 28. The van der Waals surface area contributed by atoms with E-state index in [1.807, 2.05) is 0 Å². The van der Waals surface area contributed by atoms with Crippen LogP contribution in [0.15, 0.2) is 122 Å². The lowest BCUT2D eigenvalue weighted by molar-refractivity contribution is -0.161. The maximum absolute atomic E-state index is 12.3. The molecular weight excluding hydrogens is 909 g/mol. The monoisotopic (exact) mass is 1020 g/mol. The molecule has 0 spiro atoms. The molecule has 0 saturated heterocycles. The van der Waals surface area contributed by atoms with Gasteiger partial charge in [-0.05, 0) is 109 Å². The zero-order chi connectivity index (χ0) is 53.4. The maximum atomic E-state index is 12.3. The third kappa shape index (κ3) is 60.9. The summed E-state index contributed by atoms with van der Waals surface area (Å²) in [6, 6.07) is 0. The Bertz CT molecular complexity index is 1490. The van der Waals surface area contributed by atoms with Crippen LogP contribution in [0.5, 0.6) is 0 Å². The van der Waals surface area contributed by atoms with E-state index in [4.69, 9.17) is 9.47 Å². The minimum absolute atomic E-state index is 0.0700. The molecule has 0 radical (unpaired) electrons. The van der Waals surface area contributed by atoms with Gasteiger partial charge < -0.3 is 14.6 Å². The average Bonchev–Trinajstić information content (AvgIpc) is 3.40. The minimum atomic E-state index is -0.780. The number of allylic oxidation sites excluding steroid dienone is 20. The van der Waals surface area contributed by atoms with Crippen molar-refractivity contribution < 1.29 is 24.2 Å². The van der Waals surface area contributed by atoms with Crippen LogP contribution in [0.2, 0.25) is 0 Å². The fraction of sp³-hybridized carbons (Fsp3) is 0.681. The van der Waals surface area contributed by atoms with Gasteiger partial charge in [-0.15, -0.1) is 0 Å². The smallest absolute Gasteiger partial charge is 0.306 e. The third-order valence-electron chi connectivity index (χ3n) is 13.2. The maximum Gasteiger partial charge on any atom is 0.306 e. The second-order valence-corrected chi connectivity index (χ2v) is 20.4. The average molecular weight is 1030 g/mol. The second kappa shape index (κ2) is 63.6. The van der Waals surface area contributed by atoms with E-state index in [2.05, 4.69) is 135 Å². The molecule has 5 heteroatoms. The fourth-order valence-electron chi connectivity index (χ4n) is 8.60. The Morgan fingerprint density at radius 1 is 0.324 bits per heavy atom. The molecule has 0 rings (SSSR count). The van der Waals surface area contributed by atoms with E-state index in [1.54, 1.807) is 0 Å². The summed E-state index contributed by atoms with van der Waals surface area (Å²) in [5.74, 6) is -0.591. The van der Waals surface area contributed by atoms with Crippen molar-refractivity contribution in [3.8, 4) is 0 Å². The van der Waals surface area contributed by atoms with Crippen LogP contribution >= 0.6 is 0 Å². The van der Waals surface area contributed by atoms with Gasteiger partial charge in [0.15, 0.2) is 6.10 Å². The van der Waals surface area contributed by atoms with Gasteiger partial charge in [0.1, 0.15) is 6.61 Å². The summed E-state index contributed by atoms with van der Waals surface area (Å²) in [7, 11) is 0. The van der Waals surface area contributed by atoms with Crippen molar-refractivity contribution in [3.63, 3.8) is 0 Å². The number of rotatable bonds is 56. The van der Waals surface area contributed by atoms with Crippen LogP contribution < -0.4 is 0 Å². The molecule has 0 saturated carbocycles. The highest BCUT2D eigenvalue weighted by Gasteiger charge is 2.16. The van der Waals surface area contributed by atoms with Gasteiger partial charge in [-0.2, -0.15) is 0 Å². The fourth-order valence-corrected chi connectivity index (χ4v) is 8.60. The van der Waals surface area contributed by atoms with E-state index < -0.39 is 6.10 Å². The van der Waals surface area contributed by atoms with Gasteiger partial charge in [0, 0.05) is 12.8 Å². The molecule has 0 aliphatic carbocycles. The zero-order valence-electron chi connectivity index (χ0n) is 48.3. The molecule has 0 aliphatic rings. The molecule has 0 aliphatic heterocycles. The normalized spacial score (nSPS) is 13.1. The van der Waals surface area contributed by atoms with Gasteiger partial charge in [-0.1, -0.05) is 283 Å². The first-order valence-electron chi connectivity index (χ1n) is 31.1. The van der Waals surface area contributed by atoms with Gasteiger partial charge in [0.05, 0.1) is 6.61 Å². The number of hydrogen-bond acceptors (Lipinski definition) is 5. The molecule has 0 bridgehead atoms. The molecule has 0 fully saturated rings. The molecule has 422 valence electrons. The number of carbonyl (C=O) groups is 2. The highest BCUT2D eigenvalue weighted by molar-refractivity contribution is 5.70. The van der Waals surface area contributed by atoms with Crippen LogP contribution in [0.1, 0.15) is 284 Å². The van der Waals surface area contributed by atoms with Crippen molar-refractivity contribution in [2.24, 2.45) is 0 Å². The Morgan fingerprint density at radius 3 is 0.892 bits per heavy atom. The topological polar surface area (TPSA) is 72.8 Å². The summed E-state index contributed by atoms with van der Waals surface area (Å²) in [5, 5.41) is 9.66. The predicted octanol–water partition coefficient (Wildman–Crippen LogP) is 21.4. The van der Waals surface area contributed by atoms with Gasteiger partial charge in [-0.25, -0.2) is 0 Å². The molecule has 5 nitrogen and oxygen atoms in total. The Labute approximate surface area is 458 Å². The van der Waals surface area contributed by atoms with Crippen molar-refractivity contribution in [1.82, 2.24) is 0 Å². The lowest BCUT2D eigenvalue weighted by Gasteiger charge is -2.15. The summed E-state index contributed by atoms with van der Waals surface area (Å²) in [6.45, 7) is 4.03. The Balaban J connectivity index is 3.53. The molecule has 0 aromatic carbocycles. The third-order valence-corrected chi connectivity index (χ3v) is 13.2. The van der Waals surface area contributed by atoms with Gasteiger partial charge in [-0.3, -0.25) is 9.59 Å². The van der Waals surface area contributed by atoms with E-state index in [1.165, 1.54) is 161 Å². The lowest BCUT2D eigenvalue weighted by Crippen LogP contribution is -2.28. The van der Waals surface area contributed by atoms with E-state index in [9.17, 15) is 14.7 Å². The summed E-state index contributed by atoms with van der Waals surface area (Å²) in [5.41, 5.74) is 0. The van der Waals surface area contributed by atoms with Crippen LogP contribution in [0.3, 0.4) is 0 Å². The van der Waals surface area contributed by atoms with Crippen molar-refractivity contribution in [3.05, 3.63) is 122 Å². The summed E-state index contributed by atoms with van der Waals surface area (Å²) in [4.78, 5) is 24.5. The van der Waals surface area contributed by atoms with Crippen LogP contribution in [0.4, 0.5) is 0 Å². The summed E-state index contributed by atoms with van der Waals surface area (Å²) >= 11 is 0. The quantitative estimate of drug-likeness (QED) is 0.0373. The molecule has 74 heavy (non-hydrogen) atoms. The number of hydrogen-bond donors (Lipinski definition) is 1. The molecule has 1 atom stereocenters. The van der Waals surface area contributed by atoms with Crippen LogP contribution in [-0.2, 0) is 19.1 Å². The Hall–Kier alpha value is -3.70. The lowest BCUT2D eigenvalue weighted by atomic mass is 10.0. The predicted molar refractivity (Wildman–Crippen MR) is 325 cm³/mol. The van der Waals surface area contributed by atoms with Crippen molar-refractivity contribution in [2.45, 2.75) is 290 Å². The molecular formula is C69H116O5. The van der Waals surface area contributed by atoms with E-state index in [0.29, 0.717) is 12.8 Å². The highest BCUT2D eigenvalue weighted by atomic mass is 16.6. The molecule has 0 aromatic rings. The SMILES string of the molecule is CC/C=C\C/C=C\C/C=C\C/C=C\C/C=C\C/C=C\C/C=C\C/C=C\C/C=C\CCCCCCCCCCCCCCCC(=O)OC(CO)COC(=O)CCCCCCCCCCC/C=C\CCCCCCCC. The first-order chi connectivity index (χ1) is 36.6. The largest absolute Gasteiger partial charge is 0.462 e. The van der Waals surface area contributed by atoms with Crippen molar-refractivity contribution >= 4 is 11.9 Å². The van der Waals surface area contributed by atoms with Gasteiger partial charge >= 0.3 is 11.9 Å². The van der Waals surface area contributed by atoms with Crippen LogP contribution in [0.25, 0.3) is 0 Å². The van der Waals surface area contributed by atoms with Crippen LogP contribution in [0, 0.1) is 0 Å². The summed E-state index contributed by atoms with van der Waals surface area (Å²) in [6.07, 6.45) is 93.3. The second-order valence-electron chi connectivity index (χ2n) is 20.4. The molecule has 0 aromatic heterocycles. The van der Waals surface area contributed by atoms with Crippen LogP contribution in [-0.4, -0.2) is 36.4 Å². The number of aliphatic hydroxyl groups excluding tert-OH is 1. The van der Waals surface area contributed by atoms with Gasteiger partial charge in [0.2, 0.25) is 0 Å². The molecule has 0 heterocycles. The number of ether oxygens (including phenoxy) is 2.